The fourth-order valence-corrected chi connectivity index (χ4v) is 2.87. The average Bonchev–Trinajstić information content (AvgIpc) is 2.39. The van der Waals surface area contributed by atoms with Gasteiger partial charge in [0.1, 0.15) is 5.03 Å². The van der Waals surface area contributed by atoms with Gasteiger partial charge >= 0.3 is 0 Å². The average molecular weight is 315 g/mol. The van der Waals surface area contributed by atoms with E-state index in [1.54, 1.807) is 6.20 Å². The van der Waals surface area contributed by atoms with E-state index in [1.165, 1.54) is 18.2 Å². The molecule has 2 heterocycles. The summed E-state index contributed by atoms with van der Waals surface area (Å²) < 4.78 is 0.857. The van der Waals surface area contributed by atoms with Crippen LogP contribution < -0.4 is 0 Å². The van der Waals surface area contributed by atoms with Crippen LogP contribution in [0, 0.1) is 0 Å². The molecule has 0 radical (unpaired) electrons. The molecule has 0 spiro atoms. The zero-order valence-corrected chi connectivity index (χ0v) is 12.2. The van der Waals surface area contributed by atoms with E-state index in [9.17, 15) is 4.79 Å². The first-order valence-electron chi connectivity index (χ1n) is 5.71. The van der Waals surface area contributed by atoms with Gasteiger partial charge in [0.2, 0.25) is 0 Å². The van der Waals surface area contributed by atoms with Crippen molar-refractivity contribution in [3.05, 3.63) is 22.3 Å². The number of nitrogens with zero attached hydrogens (tertiary/aromatic N) is 2. The number of amides is 1. The van der Waals surface area contributed by atoms with Crippen LogP contribution in [0.4, 0.5) is 0 Å². The number of likely N-dealkylation sites (tertiary alicyclic amines) is 1. The molecular formula is C12H15BrN2OS. The molecule has 0 N–H and O–H groups in total. The van der Waals surface area contributed by atoms with Crippen LogP contribution in [0.25, 0.3) is 0 Å². The van der Waals surface area contributed by atoms with Crippen LogP contribution in [0.1, 0.15) is 29.6 Å². The van der Waals surface area contributed by atoms with Crippen molar-refractivity contribution in [2.75, 3.05) is 19.3 Å². The summed E-state index contributed by atoms with van der Waals surface area (Å²) in [6.07, 6.45) is 7.14. The summed E-state index contributed by atoms with van der Waals surface area (Å²) in [5.41, 5.74) is 0.716. The number of hydrogen-bond donors (Lipinski definition) is 0. The van der Waals surface area contributed by atoms with Crippen LogP contribution >= 0.6 is 27.7 Å². The maximum atomic E-state index is 12.4. The van der Waals surface area contributed by atoms with E-state index < -0.39 is 0 Å². The molecule has 2 rings (SSSR count). The third-order valence-electron chi connectivity index (χ3n) is 2.88. The van der Waals surface area contributed by atoms with Crippen LogP contribution in [-0.2, 0) is 0 Å². The molecule has 1 saturated heterocycles. The van der Waals surface area contributed by atoms with E-state index in [2.05, 4.69) is 20.9 Å². The van der Waals surface area contributed by atoms with Gasteiger partial charge in [0.15, 0.2) is 0 Å². The van der Waals surface area contributed by atoms with Crippen molar-refractivity contribution in [1.29, 1.82) is 0 Å². The lowest BCUT2D eigenvalue weighted by Gasteiger charge is -2.27. The van der Waals surface area contributed by atoms with Crippen molar-refractivity contribution < 1.29 is 4.79 Å². The molecule has 17 heavy (non-hydrogen) atoms. The van der Waals surface area contributed by atoms with E-state index in [-0.39, 0.29) is 5.91 Å². The predicted octanol–water partition coefficient (Wildman–Crippen LogP) is 3.19. The molecule has 0 unspecified atom stereocenters. The lowest BCUT2D eigenvalue weighted by Crippen LogP contribution is -2.36. The fourth-order valence-electron chi connectivity index (χ4n) is 2.01. The number of carbonyl (C=O) groups excluding carboxylic acids is 1. The monoisotopic (exact) mass is 314 g/mol. The number of carbonyl (C=O) groups is 1. The highest BCUT2D eigenvalue weighted by atomic mass is 79.9. The predicted molar refractivity (Wildman–Crippen MR) is 73.5 cm³/mol. The molecule has 0 aliphatic carbocycles. The summed E-state index contributed by atoms with van der Waals surface area (Å²) in [4.78, 5) is 18.6. The van der Waals surface area contributed by atoms with Gasteiger partial charge < -0.3 is 4.90 Å². The van der Waals surface area contributed by atoms with E-state index in [0.717, 1.165) is 35.4 Å². The summed E-state index contributed by atoms with van der Waals surface area (Å²) in [5, 5.41) is 0.809. The van der Waals surface area contributed by atoms with Crippen molar-refractivity contribution in [3.63, 3.8) is 0 Å². The molecule has 1 aromatic rings. The molecule has 1 amide bonds. The normalized spacial score (nSPS) is 16.0. The number of pyridine rings is 1. The topological polar surface area (TPSA) is 33.2 Å². The molecule has 1 fully saturated rings. The summed E-state index contributed by atoms with van der Waals surface area (Å²) >= 11 is 4.89. The summed E-state index contributed by atoms with van der Waals surface area (Å²) in [6.45, 7) is 1.75. The minimum atomic E-state index is 0.114. The van der Waals surface area contributed by atoms with Gasteiger partial charge in [0.05, 0.1) is 5.56 Å². The van der Waals surface area contributed by atoms with Crippen LogP contribution in [0.2, 0.25) is 0 Å². The Balaban J connectivity index is 2.25. The SMILES string of the molecule is CSc1ncc(Br)cc1C(=O)N1CCCCC1. The summed E-state index contributed by atoms with van der Waals surface area (Å²) in [6, 6.07) is 1.87. The Kier molecular flexibility index (Phi) is 4.45. The molecule has 92 valence electrons. The fraction of sp³-hybridized carbons (Fsp3) is 0.500. The van der Waals surface area contributed by atoms with E-state index in [0.29, 0.717) is 5.56 Å². The highest BCUT2D eigenvalue weighted by molar-refractivity contribution is 9.10. The maximum Gasteiger partial charge on any atom is 0.256 e. The van der Waals surface area contributed by atoms with Crippen molar-refractivity contribution in [1.82, 2.24) is 9.88 Å². The Morgan fingerprint density at radius 3 is 2.76 bits per heavy atom. The first-order valence-corrected chi connectivity index (χ1v) is 7.73. The smallest absolute Gasteiger partial charge is 0.256 e. The van der Waals surface area contributed by atoms with Gasteiger partial charge in [-0.25, -0.2) is 4.98 Å². The molecule has 0 bridgehead atoms. The van der Waals surface area contributed by atoms with Crippen LogP contribution in [0.5, 0.6) is 0 Å². The van der Waals surface area contributed by atoms with Crippen LogP contribution in [0.3, 0.4) is 0 Å². The van der Waals surface area contributed by atoms with Gasteiger partial charge in [-0.1, -0.05) is 0 Å². The second-order valence-corrected chi connectivity index (χ2v) is 5.77. The highest BCUT2D eigenvalue weighted by Gasteiger charge is 2.21. The van der Waals surface area contributed by atoms with E-state index in [4.69, 9.17) is 0 Å². The number of hydrogen-bond acceptors (Lipinski definition) is 3. The van der Waals surface area contributed by atoms with Crippen LogP contribution in [-0.4, -0.2) is 35.1 Å². The maximum absolute atomic E-state index is 12.4. The van der Waals surface area contributed by atoms with E-state index in [1.807, 2.05) is 17.2 Å². The number of halogens is 1. The quantitative estimate of drug-likeness (QED) is 0.786. The zero-order chi connectivity index (χ0) is 12.3. The molecular weight excluding hydrogens is 300 g/mol. The lowest BCUT2D eigenvalue weighted by atomic mass is 10.1. The van der Waals surface area contributed by atoms with Gasteiger partial charge in [-0.2, -0.15) is 0 Å². The Morgan fingerprint density at radius 2 is 2.12 bits per heavy atom. The molecule has 0 atom stereocenters. The third-order valence-corrected chi connectivity index (χ3v) is 4.03. The van der Waals surface area contributed by atoms with Crippen molar-refractivity contribution in [3.8, 4) is 0 Å². The molecule has 0 saturated carbocycles. The largest absolute Gasteiger partial charge is 0.339 e. The van der Waals surface area contributed by atoms with Crippen molar-refractivity contribution in [2.45, 2.75) is 24.3 Å². The van der Waals surface area contributed by atoms with Gasteiger partial charge in [-0.15, -0.1) is 11.8 Å². The highest BCUT2D eigenvalue weighted by Crippen LogP contribution is 2.23. The van der Waals surface area contributed by atoms with Crippen LogP contribution in [0.15, 0.2) is 21.8 Å². The van der Waals surface area contributed by atoms with Gasteiger partial charge in [-0.3, -0.25) is 4.79 Å². The molecule has 0 aromatic carbocycles. The number of rotatable bonds is 2. The molecule has 3 nitrogen and oxygen atoms in total. The van der Waals surface area contributed by atoms with Crippen molar-refractivity contribution >= 4 is 33.6 Å². The number of thioether (sulfide) groups is 1. The molecule has 1 aliphatic heterocycles. The number of piperidine rings is 1. The Bertz CT molecular complexity index is 419. The molecule has 5 heteroatoms. The summed E-state index contributed by atoms with van der Waals surface area (Å²) in [5.74, 6) is 0.114. The Hall–Kier alpha value is -0.550. The first kappa shape index (κ1) is 12.9. The number of aromatic nitrogens is 1. The second-order valence-electron chi connectivity index (χ2n) is 4.06. The zero-order valence-electron chi connectivity index (χ0n) is 9.78. The van der Waals surface area contributed by atoms with E-state index >= 15 is 0 Å². The first-order chi connectivity index (χ1) is 8.22. The van der Waals surface area contributed by atoms with Gasteiger partial charge in [0.25, 0.3) is 5.91 Å². The third kappa shape index (κ3) is 3.01. The van der Waals surface area contributed by atoms with Crippen molar-refractivity contribution in [2.24, 2.45) is 0 Å². The minimum absolute atomic E-state index is 0.114. The van der Waals surface area contributed by atoms with Gasteiger partial charge in [0, 0.05) is 23.8 Å². The second kappa shape index (κ2) is 5.87. The Labute approximate surface area is 114 Å². The Morgan fingerprint density at radius 1 is 1.41 bits per heavy atom. The molecule has 1 aromatic heterocycles. The minimum Gasteiger partial charge on any atom is -0.339 e. The molecule has 1 aliphatic rings. The standard InChI is InChI=1S/C12H15BrN2OS/c1-17-11-10(7-9(13)8-14-11)12(16)15-5-3-2-4-6-15/h7-8H,2-6H2,1H3. The summed E-state index contributed by atoms with van der Waals surface area (Å²) in [7, 11) is 0. The van der Waals surface area contributed by atoms with Gasteiger partial charge in [-0.05, 0) is 47.5 Å². The lowest BCUT2D eigenvalue weighted by molar-refractivity contribution is 0.0720.